The molecular weight excluding hydrogens is 334 g/mol. The summed E-state index contributed by atoms with van der Waals surface area (Å²) in [7, 11) is 0. The van der Waals surface area contributed by atoms with Crippen LogP contribution >= 0.6 is 0 Å². The fourth-order valence-corrected chi connectivity index (χ4v) is 3.24. The Kier molecular flexibility index (Phi) is 5.24. The molecule has 1 aromatic rings. The van der Waals surface area contributed by atoms with Gasteiger partial charge in [0.2, 0.25) is 11.8 Å². The minimum atomic E-state index is -0.606. The normalized spacial score (nSPS) is 21.0. The lowest BCUT2D eigenvalue weighted by Gasteiger charge is -2.29. The number of aliphatic hydroxyl groups is 1. The first-order chi connectivity index (χ1) is 12.7. The van der Waals surface area contributed by atoms with Crippen LogP contribution in [0.3, 0.4) is 0 Å². The molecule has 0 aromatic carbocycles. The molecule has 7 heteroatoms. The van der Waals surface area contributed by atoms with Gasteiger partial charge in [0.15, 0.2) is 0 Å². The first-order valence-electron chi connectivity index (χ1n) is 9.80. The van der Waals surface area contributed by atoms with Gasteiger partial charge in [-0.2, -0.15) is 4.98 Å². The van der Waals surface area contributed by atoms with E-state index in [0.29, 0.717) is 30.2 Å². The van der Waals surface area contributed by atoms with E-state index in [-0.39, 0.29) is 18.5 Å². The number of aliphatic hydroxyl groups excluding tert-OH is 1. The Hall–Kier alpha value is -1.89. The molecule has 3 fully saturated rings. The van der Waals surface area contributed by atoms with Gasteiger partial charge < -0.3 is 19.9 Å². The topological polar surface area (TPSA) is 93.6 Å². The van der Waals surface area contributed by atoms with Gasteiger partial charge in [-0.3, -0.25) is 0 Å². The van der Waals surface area contributed by atoms with Crippen LogP contribution in [0, 0.1) is 11.8 Å². The minimum absolute atomic E-state index is 0.0896. The lowest BCUT2D eigenvalue weighted by Crippen LogP contribution is -2.41. The Labute approximate surface area is 153 Å². The number of nitrogens with one attached hydrogen (secondary N) is 1. The van der Waals surface area contributed by atoms with Crippen LogP contribution in [0.5, 0.6) is 11.8 Å². The zero-order valence-corrected chi connectivity index (χ0v) is 15.0. The molecular formula is C19H27N3O4. The zero-order chi connectivity index (χ0) is 17.9. The molecule has 1 amide bonds. The summed E-state index contributed by atoms with van der Waals surface area (Å²) in [5, 5.41) is 12.2. The van der Waals surface area contributed by atoms with Gasteiger partial charge in [0, 0.05) is 5.92 Å². The number of carbonyl (C=O) groups is 1. The Morgan fingerprint density at radius 2 is 2.04 bits per heavy atom. The van der Waals surface area contributed by atoms with Gasteiger partial charge in [0.05, 0.1) is 25.5 Å². The third-order valence-corrected chi connectivity index (χ3v) is 5.44. The van der Waals surface area contributed by atoms with Crippen LogP contribution in [-0.4, -0.2) is 40.4 Å². The Morgan fingerprint density at radius 1 is 1.23 bits per heavy atom. The van der Waals surface area contributed by atoms with Crippen molar-refractivity contribution in [3.8, 4) is 11.8 Å². The van der Waals surface area contributed by atoms with Crippen LogP contribution in [-0.2, 0) is 0 Å². The van der Waals surface area contributed by atoms with Gasteiger partial charge in [-0.15, -0.1) is 0 Å². The molecule has 3 aliphatic rings. The molecule has 142 valence electrons. The summed E-state index contributed by atoms with van der Waals surface area (Å²) in [4.78, 5) is 20.9. The highest BCUT2D eigenvalue weighted by atomic mass is 16.6. The summed E-state index contributed by atoms with van der Waals surface area (Å²) in [5.74, 6) is 2.26. The van der Waals surface area contributed by atoms with Crippen molar-refractivity contribution in [3.05, 3.63) is 11.9 Å². The third kappa shape index (κ3) is 4.63. The molecule has 1 aromatic heterocycles. The van der Waals surface area contributed by atoms with Crippen LogP contribution in [0.1, 0.15) is 63.0 Å². The smallest absolute Gasteiger partial charge is 0.414 e. The molecule has 4 rings (SSSR count). The van der Waals surface area contributed by atoms with Crippen LogP contribution < -0.4 is 14.8 Å². The fraction of sp³-hybridized carbons (Fsp3) is 0.737. The number of nitrogens with zero attached hydrogens (tertiary/aromatic N) is 2. The van der Waals surface area contributed by atoms with Gasteiger partial charge in [-0.1, -0.05) is 19.3 Å². The highest BCUT2D eigenvalue weighted by Crippen LogP contribution is 2.43. The van der Waals surface area contributed by atoms with Crippen molar-refractivity contribution in [1.29, 1.82) is 0 Å². The number of ether oxygens (including phenoxy) is 2. The molecule has 3 saturated carbocycles. The highest BCUT2D eigenvalue weighted by molar-refractivity contribution is 5.70. The van der Waals surface area contributed by atoms with E-state index >= 15 is 0 Å². The van der Waals surface area contributed by atoms with Crippen LogP contribution in [0.2, 0.25) is 0 Å². The molecule has 1 heterocycles. The first-order valence-corrected chi connectivity index (χ1v) is 9.80. The molecule has 0 saturated heterocycles. The number of rotatable bonds is 9. The van der Waals surface area contributed by atoms with E-state index in [9.17, 15) is 9.90 Å². The van der Waals surface area contributed by atoms with E-state index in [0.717, 1.165) is 25.0 Å². The van der Waals surface area contributed by atoms with E-state index < -0.39 is 6.09 Å². The number of hydrogen-bond donors (Lipinski definition) is 2. The van der Waals surface area contributed by atoms with E-state index in [4.69, 9.17) is 9.47 Å². The van der Waals surface area contributed by atoms with E-state index in [2.05, 4.69) is 15.3 Å². The minimum Gasteiger partial charge on any atom is -0.476 e. The number of hydrogen-bond acceptors (Lipinski definition) is 6. The van der Waals surface area contributed by atoms with Gasteiger partial charge in [0.1, 0.15) is 5.69 Å². The monoisotopic (exact) mass is 361 g/mol. The molecule has 7 nitrogen and oxygen atoms in total. The van der Waals surface area contributed by atoms with Crippen molar-refractivity contribution in [2.75, 3.05) is 13.2 Å². The second kappa shape index (κ2) is 7.78. The largest absolute Gasteiger partial charge is 0.476 e. The molecule has 3 aliphatic carbocycles. The van der Waals surface area contributed by atoms with Crippen molar-refractivity contribution in [2.24, 2.45) is 11.8 Å². The van der Waals surface area contributed by atoms with Crippen molar-refractivity contribution >= 4 is 6.09 Å². The molecule has 0 bridgehead atoms. The molecule has 1 atom stereocenters. The average molecular weight is 361 g/mol. The standard InChI is InChI=1S/C19H27N3O4/c23-10-15(8-12-2-1-3-12)21-19(24)26-16-9-20-17(14-6-7-14)18(22-16)25-11-13-4-5-13/h9,12-15,23H,1-8,10-11H2,(H,21,24). The lowest BCUT2D eigenvalue weighted by molar-refractivity contribution is 0.163. The predicted octanol–water partition coefficient (Wildman–Crippen LogP) is 2.78. The number of aromatic nitrogens is 2. The fourth-order valence-electron chi connectivity index (χ4n) is 3.24. The summed E-state index contributed by atoms with van der Waals surface area (Å²) in [5.41, 5.74) is 0.872. The maximum Gasteiger partial charge on any atom is 0.414 e. The summed E-state index contributed by atoms with van der Waals surface area (Å²) in [6, 6.07) is -0.280. The second-order valence-corrected chi connectivity index (χ2v) is 7.87. The molecule has 1 unspecified atom stereocenters. The second-order valence-electron chi connectivity index (χ2n) is 7.87. The van der Waals surface area contributed by atoms with Crippen LogP contribution in [0.4, 0.5) is 4.79 Å². The average Bonchev–Trinajstić information content (AvgIpc) is 3.48. The Morgan fingerprint density at radius 3 is 2.65 bits per heavy atom. The molecule has 0 radical (unpaired) electrons. The van der Waals surface area contributed by atoms with Crippen molar-refractivity contribution < 1.29 is 19.4 Å². The summed E-state index contributed by atoms with van der Waals surface area (Å²) >= 11 is 0. The van der Waals surface area contributed by atoms with Gasteiger partial charge in [0.25, 0.3) is 0 Å². The van der Waals surface area contributed by atoms with E-state index in [1.807, 2.05) is 0 Å². The van der Waals surface area contributed by atoms with Crippen LogP contribution in [0.25, 0.3) is 0 Å². The highest BCUT2D eigenvalue weighted by Gasteiger charge is 2.31. The predicted molar refractivity (Wildman–Crippen MR) is 94.2 cm³/mol. The SMILES string of the molecule is O=C(NC(CO)CC1CCC1)Oc1cnc(C2CC2)c(OCC2CC2)n1. The molecule has 0 spiro atoms. The maximum absolute atomic E-state index is 12.1. The summed E-state index contributed by atoms with van der Waals surface area (Å²) < 4.78 is 11.1. The quantitative estimate of drug-likeness (QED) is 0.702. The number of amides is 1. The summed E-state index contributed by atoms with van der Waals surface area (Å²) in [6.45, 7) is 0.561. The van der Waals surface area contributed by atoms with Crippen LogP contribution in [0.15, 0.2) is 6.20 Å². The van der Waals surface area contributed by atoms with Crippen molar-refractivity contribution in [3.63, 3.8) is 0 Å². The van der Waals surface area contributed by atoms with E-state index in [1.165, 1.54) is 38.3 Å². The van der Waals surface area contributed by atoms with E-state index in [1.54, 1.807) is 0 Å². The third-order valence-electron chi connectivity index (χ3n) is 5.44. The zero-order valence-electron chi connectivity index (χ0n) is 15.0. The van der Waals surface area contributed by atoms with Gasteiger partial charge in [-0.25, -0.2) is 9.78 Å². The molecule has 26 heavy (non-hydrogen) atoms. The first kappa shape index (κ1) is 17.5. The van der Waals surface area contributed by atoms with Crippen molar-refractivity contribution in [2.45, 2.75) is 63.3 Å². The summed E-state index contributed by atoms with van der Waals surface area (Å²) in [6.07, 6.45) is 9.85. The lowest BCUT2D eigenvalue weighted by atomic mass is 9.81. The molecule has 2 N–H and O–H groups in total. The molecule has 0 aliphatic heterocycles. The maximum atomic E-state index is 12.1. The Balaban J connectivity index is 1.34. The van der Waals surface area contributed by atoms with Gasteiger partial charge >= 0.3 is 6.09 Å². The van der Waals surface area contributed by atoms with Crippen molar-refractivity contribution in [1.82, 2.24) is 15.3 Å². The Bertz CT molecular complexity index is 642. The number of carbonyl (C=O) groups excluding carboxylic acids is 1. The van der Waals surface area contributed by atoms with Gasteiger partial charge in [-0.05, 0) is 43.9 Å².